The maximum atomic E-state index is 10.1. The molecule has 0 aromatic carbocycles. The second-order valence-electron chi connectivity index (χ2n) is 5.81. The molecule has 2 nitrogen and oxygen atoms in total. The van der Waals surface area contributed by atoms with E-state index >= 15 is 0 Å². The van der Waals surface area contributed by atoms with Crippen LogP contribution in [-0.2, 0) is 9.53 Å². The number of hydrogen-bond donors (Lipinski definition) is 0. The smallest absolute Gasteiger partial charge is 0.119 e. The minimum Gasteiger partial charge on any atom is -0.381 e. The molecule has 0 spiro atoms. The molecule has 120 valence electrons. The minimum absolute atomic E-state index is 0.753. The van der Waals surface area contributed by atoms with Crippen LogP contribution in [0.2, 0.25) is 0 Å². The summed E-state index contributed by atoms with van der Waals surface area (Å²) in [5, 5.41) is 0. The molecule has 0 heterocycles. The van der Waals surface area contributed by atoms with Gasteiger partial charge in [0.25, 0.3) is 0 Å². The Morgan fingerprint density at radius 1 is 0.650 bits per heavy atom. The van der Waals surface area contributed by atoms with E-state index in [4.69, 9.17) is 4.74 Å². The van der Waals surface area contributed by atoms with Crippen LogP contribution < -0.4 is 0 Å². The van der Waals surface area contributed by atoms with Crippen molar-refractivity contribution in [3.8, 4) is 0 Å². The van der Waals surface area contributed by atoms with Gasteiger partial charge in [-0.1, -0.05) is 71.1 Å². The zero-order chi connectivity index (χ0) is 14.7. The molecule has 0 unspecified atom stereocenters. The van der Waals surface area contributed by atoms with Gasteiger partial charge in [-0.25, -0.2) is 0 Å². The van der Waals surface area contributed by atoms with Crippen LogP contribution in [0.15, 0.2) is 0 Å². The predicted molar refractivity (Wildman–Crippen MR) is 87.2 cm³/mol. The van der Waals surface area contributed by atoms with Crippen molar-refractivity contribution in [2.45, 2.75) is 96.8 Å². The molecule has 0 saturated carbocycles. The molecule has 0 amide bonds. The van der Waals surface area contributed by atoms with Crippen LogP contribution in [0.25, 0.3) is 0 Å². The standard InChI is InChI=1S/C18H36O2/c1-2-17-20-18-15-13-11-9-7-5-3-4-6-8-10-12-14-16-19/h16H,2-15,17-18H2,1H3. The Bertz CT molecular complexity index is 180. The highest BCUT2D eigenvalue weighted by molar-refractivity contribution is 5.48. The lowest BCUT2D eigenvalue weighted by molar-refractivity contribution is -0.107. The molecule has 0 bridgehead atoms. The monoisotopic (exact) mass is 284 g/mol. The van der Waals surface area contributed by atoms with Gasteiger partial charge in [0.05, 0.1) is 0 Å². The summed E-state index contributed by atoms with van der Waals surface area (Å²) in [6, 6.07) is 0. The van der Waals surface area contributed by atoms with E-state index < -0.39 is 0 Å². The van der Waals surface area contributed by atoms with Gasteiger partial charge in [-0.3, -0.25) is 0 Å². The van der Waals surface area contributed by atoms with Crippen LogP contribution in [0, 0.1) is 0 Å². The fourth-order valence-electron chi connectivity index (χ4n) is 2.45. The van der Waals surface area contributed by atoms with Gasteiger partial charge in [0.15, 0.2) is 0 Å². The fourth-order valence-corrected chi connectivity index (χ4v) is 2.45. The Morgan fingerprint density at radius 3 is 1.55 bits per heavy atom. The van der Waals surface area contributed by atoms with Crippen LogP contribution in [0.1, 0.15) is 96.8 Å². The van der Waals surface area contributed by atoms with E-state index in [1.54, 1.807) is 0 Å². The average molecular weight is 284 g/mol. The normalized spacial score (nSPS) is 10.8. The van der Waals surface area contributed by atoms with E-state index in [1.165, 1.54) is 70.6 Å². The molecule has 0 aliphatic heterocycles. The summed E-state index contributed by atoms with van der Waals surface area (Å²) in [5.41, 5.74) is 0. The second-order valence-corrected chi connectivity index (χ2v) is 5.81. The van der Waals surface area contributed by atoms with Gasteiger partial charge in [-0.05, 0) is 19.3 Å². The lowest BCUT2D eigenvalue weighted by Crippen LogP contribution is -1.95. The minimum atomic E-state index is 0.753. The molecule has 0 aromatic heterocycles. The van der Waals surface area contributed by atoms with Crippen LogP contribution in [0.4, 0.5) is 0 Å². The first-order valence-corrected chi connectivity index (χ1v) is 8.93. The summed E-state index contributed by atoms with van der Waals surface area (Å²) >= 11 is 0. The molecule has 2 heteroatoms. The van der Waals surface area contributed by atoms with E-state index in [1.807, 2.05) is 0 Å². The number of hydrogen-bond acceptors (Lipinski definition) is 2. The van der Waals surface area contributed by atoms with E-state index in [2.05, 4.69) is 6.92 Å². The Labute approximate surface area is 126 Å². The number of carbonyl (C=O) groups excluding carboxylic acids is 1. The van der Waals surface area contributed by atoms with Crippen LogP contribution in [0.5, 0.6) is 0 Å². The third-order valence-electron chi connectivity index (χ3n) is 3.71. The van der Waals surface area contributed by atoms with Crippen molar-refractivity contribution in [3.63, 3.8) is 0 Å². The van der Waals surface area contributed by atoms with Crippen molar-refractivity contribution in [1.82, 2.24) is 0 Å². The van der Waals surface area contributed by atoms with E-state index in [9.17, 15) is 4.79 Å². The van der Waals surface area contributed by atoms with Gasteiger partial charge in [-0.2, -0.15) is 0 Å². The lowest BCUT2D eigenvalue weighted by atomic mass is 10.0. The SMILES string of the molecule is CCCOCCCCCCCCCCCCCCC=O. The van der Waals surface area contributed by atoms with Gasteiger partial charge in [0, 0.05) is 19.6 Å². The first-order chi connectivity index (χ1) is 9.91. The Kier molecular flexibility index (Phi) is 18.3. The number of unbranched alkanes of at least 4 members (excludes halogenated alkanes) is 12. The first-order valence-electron chi connectivity index (χ1n) is 8.93. The molecule has 0 N–H and O–H groups in total. The molecular formula is C18H36O2. The zero-order valence-corrected chi connectivity index (χ0v) is 13.7. The zero-order valence-electron chi connectivity index (χ0n) is 13.7. The lowest BCUT2D eigenvalue weighted by Gasteiger charge is -2.03. The third kappa shape index (κ3) is 17.6. The van der Waals surface area contributed by atoms with Crippen molar-refractivity contribution >= 4 is 6.29 Å². The highest BCUT2D eigenvalue weighted by Gasteiger charge is 1.94. The fraction of sp³-hybridized carbons (Fsp3) is 0.944. The number of rotatable bonds is 17. The summed E-state index contributed by atoms with van der Waals surface area (Å²) in [4.78, 5) is 10.1. The molecule has 0 fully saturated rings. The predicted octanol–water partition coefficient (Wildman–Crippen LogP) is 5.68. The number of aldehydes is 1. The maximum absolute atomic E-state index is 10.1. The number of carbonyl (C=O) groups is 1. The third-order valence-corrected chi connectivity index (χ3v) is 3.71. The summed E-state index contributed by atoms with van der Waals surface area (Å²) in [5.74, 6) is 0. The molecule has 0 aromatic rings. The quantitative estimate of drug-likeness (QED) is 0.253. The van der Waals surface area contributed by atoms with E-state index in [0.717, 1.165) is 38.8 Å². The first kappa shape index (κ1) is 19.6. The van der Waals surface area contributed by atoms with Crippen molar-refractivity contribution in [2.75, 3.05) is 13.2 Å². The van der Waals surface area contributed by atoms with Gasteiger partial charge < -0.3 is 9.53 Å². The summed E-state index contributed by atoms with van der Waals surface area (Å²) in [7, 11) is 0. The summed E-state index contributed by atoms with van der Waals surface area (Å²) in [6.45, 7) is 4.04. The van der Waals surface area contributed by atoms with Gasteiger partial charge in [0.1, 0.15) is 6.29 Å². The molecule has 0 radical (unpaired) electrons. The topological polar surface area (TPSA) is 26.3 Å². The maximum Gasteiger partial charge on any atom is 0.119 e. The van der Waals surface area contributed by atoms with Crippen LogP contribution >= 0.6 is 0 Å². The van der Waals surface area contributed by atoms with Crippen molar-refractivity contribution in [3.05, 3.63) is 0 Å². The average Bonchev–Trinajstić information content (AvgIpc) is 2.47. The largest absolute Gasteiger partial charge is 0.381 e. The molecule has 0 aliphatic rings. The molecule has 20 heavy (non-hydrogen) atoms. The van der Waals surface area contributed by atoms with Crippen molar-refractivity contribution < 1.29 is 9.53 Å². The molecule has 0 saturated heterocycles. The Hall–Kier alpha value is -0.370. The van der Waals surface area contributed by atoms with Gasteiger partial charge >= 0.3 is 0 Å². The van der Waals surface area contributed by atoms with Crippen LogP contribution in [0.3, 0.4) is 0 Å². The van der Waals surface area contributed by atoms with Gasteiger partial charge in [0.2, 0.25) is 0 Å². The Balaban J connectivity index is 2.90. The van der Waals surface area contributed by atoms with E-state index in [-0.39, 0.29) is 0 Å². The molecule has 0 atom stereocenters. The number of ether oxygens (including phenoxy) is 1. The summed E-state index contributed by atoms with van der Waals surface area (Å²) in [6.07, 6.45) is 18.8. The highest BCUT2D eigenvalue weighted by Crippen LogP contribution is 2.12. The van der Waals surface area contributed by atoms with E-state index in [0.29, 0.717) is 0 Å². The Morgan fingerprint density at radius 2 is 1.10 bits per heavy atom. The second kappa shape index (κ2) is 18.6. The molecular weight excluding hydrogens is 248 g/mol. The molecule has 0 aliphatic carbocycles. The summed E-state index contributed by atoms with van der Waals surface area (Å²) < 4.78 is 5.47. The van der Waals surface area contributed by atoms with Crippen molar-refractivity contribution in [1.29, 1.82) is 0 Å². The molecule has 0 rings (SSSR count). The van der Waals surface area contributed by atoms with Crippen molar-refractivity contribution in [2.24, 2.45) is 0 Å². The van der Waals surface area contributed by atoms with Gasteiger partial charge in [-0.15, -0.1) is 0 Å². The highest BCUT2D eigenvalue weighted by atomic mass is 16.5. The van der Waals surface area contributed by atoms with Crippen LogP contribution in [-0.4, -0.2) is 19.5 Å².